The smallest absolute Gasteiger partial charge is 0.383 e. The first-order valence-corrected chi connectivity index (χ1v) is 11.6. The van der Waals surface area contributed by atoms with Gasteiger partial charge in [0, 0.05) is 36.0 Å². The van der Waals surface area contributed by atoms with E-state index >= 15 is 0 Å². The number of nitrogens with zero attached hydrogens (tertiary/aromatic N) is 5. The number of pyridine rings is 2. The Kier molecular flexibility index (Phi) is 5.89. The quantitative estimate of drug-likeness (QED) is 0.432. The molecule has 2 N–H and O–H groups in total. The largest absolute Gasteiger partial charge is 0.417 e. The third-order valence-electron chi connectivity index (χ3n) is 6.60. The lowest BCUT2D eigenvalue weighted by atomic mass is 9.91. The van der Waals surface area contributed by atoms with E-state index in [0.717, 1.165) is 53.7 Å². The number of aryl methyl sites for hydroxylation is 3. The molecular weight excluding hydrogens is 469 g/mol. The predicted molar refractivity (Wildman–Crippen MR) is 129 cm³/mol. The molecule has 0 aliphatic heterocycles. The molecule has 1 amide bonds. The summed E-state index contributed by atoms with van der Waals surface area (Å²) in [5, 5.41) is 5.32. The number of hydrogen-bond donors (Lipinski definition) is 1. The Balaban J connectivity index is 1.54. The maximum atomic E-state index is 13.9. The van der Waals surface area contributed by atoms with Crippen molar-refractivity contribution < 1.29 is 18.0 Å². The third kappa shape index (κ3) is 4.50. The summed E-state index contributed by atoms with van der Waals surface area (Å²) >= 11 is 0. The monoisotopic (exact) mass is 494 g/mol. The van der Waals surface area contributed by atoms with Crippen LogP contribution in [-0.4, -0.2) is 30.6 Å². The lowest BCUT2D eigenvalue weighted by Crippen LogP contribution is -2.36. The Bertz CT molecular complexity index is 1440. The zero-order valence-corrected chi connectivity index (χ0v) is 19.9. The molecule has 0 radical (unpaired) electrons. The van der Waals surface area contributed by atoms with E-state index < -0.39 is 11.7 Å². The molecule has 7 nitrogen and oxygen atoms in total. The number of anilines is 1. The number of alkyl halides is 3. The molecule has 3 aromatic heterocycles. The summed E-state index contributed by atoms with van der Waals surface area (Å²) in [5.74, 6) is 0.192. The molecule has 0 saturated heterocycles. The maximum absolute atomic E-state index is 13.9. The fourth-order valence-corrected chi connectivity index (χ4v) is 4.75. The van der Waals surface area contributed by atoms with Crippen molar-refractivity contribution in [2.45, 2.75) is 44.9 Å². The van der Waals surface area contributed by atoms with Crippen LogP contribution >= 0.6 is 0 Å². The van der Waals surface area contributed by atoms with Gasteiger partial charge in [-0.2, -0.15) is 18.3 Å². The maximum Gasteiger partial charge on any atom is 0.417 e. The van der Waals surface area contributed by atoms with Gasteiger partial charge in [-0.15, -0.1) is 0 Å². The van der Waals surface area contributed by atoms with E-state index in [-0.39, 0.29) is 18.5 Å². The highest BCUT2D eigenvalue weighted by Gasteiger charge is 2.33. The van der Waals surface area contributed by atoms with Gasteiger partial charge in [0.1, 0.15) is 5.82 Å². The van der Waals surface area contributed by atoms with Crippen molar-refractivity contribution in [1.29, 1.82) is 0 Å². The molecular formula is C26H25F3N6O. The average molecular weight is 495 g/mol. The minimum atomic E-state index is -4.48. The molecule has 36 heavy (non-hydrogen) atoms. The number of nitrogens with two attached hydrogens (primary N) is 1. The Morgan fingerprint density at radius 3 is 2.75 bits per heavy atom. The fraction of sp³-hybridized carbons (Fsp3) is 0.308. The highest BCUT2D eigenvalue weighted by atomic mass is 19.4. The van der Waals surface area contributed by atoms with Crippen LogP contribution in [0.2, 0.25) is 0 Å². The highest BCUT2D eigenvalue weighted by Crippen LogP contribution is 2.36. The van der Waals surface area contributed by atoms with Crippen LogP contribution in [0, 0.1) is 6.92 Å². The van der Waals surface area contributed by atoms with Gasteiger partial charge in [0.05, 0.1) is 35.1 Å². The molecule has 0 spiro atoms. The van der Waals surface area contributed by atoms with E-state index in [9.17, 15) is 18.0 Å². The van der Waals surface area contributed by atoms with E-state index in [0.29, 0.717) is 22.6 Å². The van der Waals surface area contributed by atoms with Gasteiger partial charge in [-0.05, 0) is 68.1 Å². The minimum Gasteiger partial charge on any atom is -0.383 e. The topological polar surface area (TPSA) is 89.9 Å². The molecule has 5 rings (SSSR count). The summed E-state index contributed by atoms with van der Waals surface area (Å²) in [6, 6.07) is 9.16. The lowest BCUT2D eigenvalue weighted by molar-refractivity contribution is -0.137. The summed E-state index contributed by atoms with van der Waals surface area (Å²) in [6.07, 6.45) is 0.624. The number of fused-ring (bicyclic) bond motifs is 2. The standard InChI is InChI=1S/C26H25F3N6O/c1-15-10-17-11-16(6-9-21(17)32-24(15)30)25(36)35(13-19-8-7-18(12-31-19)26(27,28)29)23-5-3-4-22-20(23)14-34(2)33-22/h6-12,14,23H,3-5,13H2,1-2H3,(H2,30,32)/t23-/m1/s1. The predicted octanol–water partition coefficient (Wildman–Crippen LogP) is 4.99. The van der Waals surface area contributed by atoms with Crippen LogP contribution in [0.5, 0.6) is 0 Å². The van der Waals surface area contributed by atoms with Gasteiger partial charge in [-0.1, -0.05) is 0 Å². The second-order valence-electron chi connectivity index (χ2n) is 9.18. The molecule has 186 valence electrons. The summed E-state index contributed by atoms with van der Waals surface area (Å²) in [5.41, 5.74) is 9.31. The minimum absolute atomic E-state index is 0.0625. The number of nitrogen functional groups attached to an aromatic ring is 1. The first kappa shape index (κ1) is 23.8. The number of aromatic nitrogens is 4. The second-order valence-corrected chi connectivity index (χ2v) is 9.18. The Labute approximate surface area is 205 Å². The van der Waals surface area contributed by atoms with E-state index in [1.807, 2.05) is 26.2 Å². The van der Waals surface area contributed by atoms with Gasteiger partial charge >= 0.3 is 6.18 Å². The van der Waals surface area contributed by atoms with Crippen LogP contribution in [0.15, 0.2) is 48.8 Å². The lowest BCUT2D eigenvalue weighted by Gasteiger charge is -2.34. The summed E-state index contributed by atoms with van der Waals surface area (Å²) in [7, 11) is 1.84. The van der Waals surface area contributed by atoms with Crippen LogP contribution in [0.25, 0.3) is 10.9 Å². The van der Waals surface area contributed by atoms with Gasteiger partial charge in [-0.25, -0.2) is 4.98 Å². The zero-order valence-electron chi connectivity index (χ0n) is 19.9. The number of carbonyl (C=O) groups excluding carboxylic acids is 1. The molecule has 1 aliphatic rings. The molecule has 1 aromatic carbocycles. The van der Waals surface area contributed by atoms with Crippen LogP contribution in [0.1, 0.15) is 57.3 Å². The molecule has 0 fully saturated rings. The number of halogens is 3. The Hall–Kier alpha value is -3.95. The van der Waals surface area contributed by atoms with E-state index in [2.05, 4.69) is 15.1 Å². The summed E-state index contributed by atoms with van der Waals surface area (Å²) < 4.78 is 40.9. The number of hydrogen-bond acceptors (Lipinski definition) is 5. The van der Waals surface area contributed by atoms with Crippen molar-refractivity contribution in [2.24, 2.45) is 7.05 Å². The normalized spacial score (nSPS) is 15.6. The number of benzene rings is 1. The van der Waals surface area contributed by atoms with Gasteiger partial charge in [0.15, 0.2) is 0 Å². The van der Waals surface area contributed by atoms with Gasteiger partial charge in [0.2, 0.25) is 0 Å². The second kappa shape index (κ2) is 8.92. The van der Waals surface area contributed by atoms with Crippen molar-refractivity contribution in [3.63, 3.8) is 0 Å². The van der Waals surface area contributed by atoms with Crippen LogP contribution < -0.4 is 5.73 Å². The molecule has 0 saturated carbocycles. The Morgan fingerprint density at radius 2 is 2.03 bits per heavy atom. The number of amides is 1. The van der Waals surface area contributed by atoms with E-state index in [1.54, 1.807) is 27.8 Å². The first-order chi connectivity index (χ1) is 17.1. The van der Waals surface area contributed by atoms with E-state index in [4.69, 9.17) is 5.73 Å². The molecule has 10 heteroatoms. The van der Waals surface area contributed by atoms with Crippen LogP contribution in [0.3, 0.4) is 0 Å². The van der Waals surface area contributed by atoms with Crippen LogP contribution in [-0.2, 0) is 26.2 Å². The van der Waals surface area contributed by atoms with E-state index in [1.165, 1.54) is 6.07 Å². The van der Waals surface area contributed by atoms with Crippen LogP contribution in [0.4, 0.5) is 19.0 Å². The van der Waals surface area contributed by atoms with Crippen molar-refractivity contribution in [2.75, 3.05) is 5.73 Å². The molecule has 1 aliphatic carbocycles. The molecule has 3 heterocycles. The van der Waals surface area contributed by atoms with Gasteiger partial charge in [-0.3, -0.25) is 14.5 Å². The molecule has 4 aromatic rings. The highest BCUT2D eigenvalue weighted by molar-refractivity contribution is 5.98. The fourth-order valence-electron chi connectivity index (χ4n) is 4.75. The molecule has 0 unspecified atom stereocenters. The summed E-state index contributed by atoms with van der Waals surface area (Å²) in [6.45, 7) is 1.91. The average Bonchev–Trinajstić information content (AvgIpc) is 3.23. The van der Waals surface area contributed by atoms with Crippen molar-refractivity contribution in [1.82, 2.24) is 24.6 Å². The third-order valence-corrected chi connectivity index (χ3v) is 6.60. The number of rotatable bonds is 4. The number of carbonyl (C=O) groups is 1. The van der Waals surface area contributed by atoms with Gasteiger partial charge < -0.3 is 10.6 Å². The Morgan fingerprint density at radius 1 is 1.22 bits per heavy atom. The summed E-state index contributed by atoms with van der Waals surface area (Å²) in [4.78, 5) is 24.0. The molecule has 0 bridgehead atoms. The van der Waals surface area contributed by atoms with Gasteiger partial charge in [0.25, 0.3) is 5.91 Å². The van der Waals surface area contributed by atoms with Crippen molar-refractivity contribution in [3.8, 4) is 0 Å². The zero-order chi connectivity index (χ0) is 25.6. The van der Waals surface area contributed by atoms with Crippen molar-refractivity contribution >= 4 is 22.6 Å². The SMILES string of the molecule is Cc1cc2cc(C(=O)N(Cc3ccc(C(F)(F)F)cn3)[C@@H]3CCCc4nn(C)cc43)ccc2nc1N. The first-order valence-electron chi connectivity index (χ1n) is 11.6. The molecule has 1 atom stereocenters. The van der Waals surface area contributed by atoms with Crippen molar-refractivity contribution in [3.05, 3.63) is 82.4 Å².